The molecule has 0 N–H and O–H groups in total. The predicted molar refractivity (Wildman–Crippen MR) is 60.8 cm³/mol. The van der Waals surface area contributed by atoms with Gasteiger partial charge in [-0.25, -0.2) is 0 Å². The number of rotatable bonds is 3. The fourth-order valence-electron chi connectivity index (χ4n) is 2.00. The van der Waals surface area contributed by atoms with Gasteiger partial charge < -0.3 is 4.90 Å². The number of hydrogen-bond acceptors (Lipinski definition) is 1. The van der Waals surface area contributed by atoms with E-state index in [1.807, 2.05) is 17.9 Å². The van der Waals surface area contributed by atoms with Crippen LogP contribution in [-0.2, 0) is 6.54 Å². The van der Waals surface area contributed by atoms with Crippen LogP contribution in [0.3, 0.4) is 0 Å². The van der Waals surface area contributed by atoms with Gasteiger partial charge in [0.2, 0.25) is 0 Å². The first kappa shape index (κ1) is 10.2. The highest BCUT2D eigenvalue weighted by molar-refractivity contribution is 5.98. The number of hydrogen-bond donors (Lipinski definition) is 0. The first-order valence-electron chi connectivity index (χ1n) is 5.61. The van der Waals surface area contributed by atoms with E-state index >= 15 is 0 Å². The first-order chi connectivity index (χ1) is 7.22. The van der Waals surface area contributed by atoms with Crippen LogP contribution in [0, 0.1) is 6.92 Å². The maximum absolute atomic E-state index is 12.0. The second-order valence-corrected chi connectivity index (χ2v) is 4.24. The van der Waals surface area contributed by atoms with Crippen LogP contribution >= 0.6 is 0 Å². The quantitative estimate of drug-likeness (QED) is 0.739. The second-order valence-electron chi connectivity index (χ2n) is 4.24. The molecule has 1 aromatic rings. The highest BCUT2D eigenvalue weighted by atomic mass is 16.2. The van der Waals surface area contributed by atoms with Gasteiger partial charge in [0.05, 0.1) is 0 Å². The lowest BCUT2D eigenvalue weighted by molar-refractivity contribution is 0.0776. The van der Waals surface area contributed by atoms with Crippen LogP contribution in [0.5, 0.6) is 0 Å². The summed E-state index contributed by atoms with van der Waals surface area (Å²) < 4.78 is 0. The van der Waals surface area contributed by atoms with Gasteiger partial charge in [-0.2, -0.15) is 0 Å². The zero-order valence-corrected chi connectivity index (χ0v) is 9.42. The van der Waals surface area contributed by atoms with Gasteiger partial charge in [-0.15, -0.1) is 0 Å². The van der Waals surface area contributed by atoms with Crippen molar-refractivity contribution in [3.05, 3.63) is 34.9 Å². The van der Waals surface area contributed by atoms with Crippen molar-refractivity contribution in [2.24, 2.45) is 0 Å². The Balaban J connectivity index is 2.18. The van der Waals surface area contributed by atoms with Crippen LogP contribution in [0.2, 0.25) is 0 Å². The van der Waals surface area contributed by atoms with Crippen LogP contribution in [-0.4, -0.2) is 17.4 Å². The largest absolute Gasteiger partial charge is 0.334 e. The maximum Gasteiger partial charge on any atom is 0.254 e. The van der Waals surface area contributed by atoms with Gasteiger partial charge in [-0.05, 0) is 25.0 Å². The van der Waals surface area contributed by atoms with Crippen LogP contribution in [0.25, 0.3) is 0 Å². The first-order valence-corrected chi connectivity index (χ1v) is 5.61. The standard InChI is InChI=1S/C13H17NO/c1-3-4-7-14-9-11-6-5-10(2)8-12(11)13(14)15/h5-6,8H,3-4,7,9H2,1-2H3. The van der Waals surface area contributed by atoms with Crippen molar-refractivity contribution in [3.8, 4) is 0 Å². The molecule has 0 atom stereocenters. The Kier molecular flexibility index (Phi) is 2.76. The third-order valence-electron chi connectivity index (χ3n) is 2.93. The topological polar surface area (TPSA) is 20.3 Å². The molecule has 0 spiro atoms. The Hall–Kier alpha value is -1.31. The number of fused-ring (bicyclic) bond motifs is 1. The molecular formula is C13H17NO. The summed E-state index contributed by atoms with van der Waals surface area (Å²) >= 11 is 0. The molecule has 80 valence electrons. The number of nitrogens with zero attached hydrogens (tertiary/aromatic N) is 1. The zero-order chi connectivity index (χ0) is 10.8. The minimum Gasteiger partial charge on any atom is -0.334 e. The average molecular weight is 203 g/mol. The summed E-state index contributed by atoms with van der Waals surface area (Å²) in [6.07, 6.45) is 2.23. The number of benzene rings is 1. The molecule has 1 amide bonds. The summed E-state index contributed by atoms with van der Waals surface area (Å²) in [7, 11) is 0. The number of carbonyl (C=O) groups is 1. The normalized spacial score (nSPS) is 14.5. The Bertz CT molecular complexity index is 384. The lowest BCUT2D eigenvalue weighted by atomic mass is 10.1. The molecule has 2 rings (SSSR count). The number of aryl methyl sites for hydroxylation is 1. The van der Waals surface area contributed by atoms with Gasteiger partial charge in [-0.3, -0.25) is 4.79 Å². The van der Waals surface area contributed by atoms with Gasteiger partial charge in [0.1, 0.15) is 0 Å². The Morgan fingerprint density at radius 3 is 2.93 bits per heavy atom. The molecule has 1 heterocycles. The second kappa shape index (κ2) is 4.05. The van der Waals surface area contributed by atoms with Crippen LogP contribution in [0.15, 0.2) is 18.2 Å². The molecule has 2 nitrogen and oxygen atoms in total. The maximum atomic E-state index is 12.0. The molecule has 0 fully saturated rings. The molecule has 1 aliphatic heterocycles. The summed E-state index contributed by atoms with van der Waals surface area (Å²) in [5.41, 5.74) is 3.26. The molecule has 0 aliphatic carbocycles. The lowest BCUT2D eigenvalue weighted by Gasteiger charge is -2.14. The molecule has 0 radical (unpaired) electrons. The molecular weight excluding hydrogens is 186 g/mol. The fourth-order valence-corrected chi connectivity index (χ4v) is 2.00. The molecule has 0 unspecified atom stereocenters. The molecule has 15 heavy (non-hydrogen) atoms. The van der Waals surface area contributed by atoms with Gasteiger partial charge in [0, 0.05) is 18.7 Å². The smallest absolute Gasteiger partial charge is 0.254 e. The molecule has 2 heteroatoms. The number of carbonyl (C=O) groups excluding carboxylic acids is 1. The van der Waals surface area contributed by atoms with Gasteiger partial charge >= 0.3 is 0 Å². The van der Waals surface area contributed by atoms with Crippen molar-refractivity contribution >= 4 is 5.91 Å². The van der Waals surface area contributed by atoms with Crippen molar-refractivity contribution in [2.75, 3.05) is 6.54 Å². The lowest BCUT2D eigenvalue weighted by Crippen LogP contribution is -2.24. The zero-order valence-electron chi connectivity index (χ0n) is 9.42. The van der Waals surface area contributed by atoms with E-state index in [4.69, 9.17) is 0 Å². The Morgan fingerprint density at radius 2 is 2.20 bits per heavy atom. The van der Waals surface area contributed by atoms with E-state index in [0.717, 1.165) is 31.5 Å². The van der Waals surface area contributed by atoms with E-state index < -0.39 is 0 Å². The van der Waals surface area contributed by atoms with Crippen LogP contribution in [0.1, 0.15) is 41.3 Å². The van der Waals surface area contributed by atoms with E-state index in [-0.39, 0.29) is 5.91 Å². The monoisotopic (exact) mass is 203 g/mol. The van der Waals surface area contributed by atoms with Crippen molar-refractivity contribution < 1.29 is 4.79 Å². The minimum atomic E-state index is 0.210. The molecule has 0 saturated carbocycles. The Labute approximate surface area is 90.9 Å². The molecule has 0 aromatic heterocycles. The van der Waals surface area contributed by atoms with Gasteiger partial charge in [-0.1, -0.05) is 31.0 Å². The fraction of sp³-hybridized carbons (Fsp3) is 0.462. The van der Waals surface area contributed by atoms with E-state index in [1.165, 1.54) is 11.1 Å². The molecule has 0 saturated heterocycles. The van der Waals surface area contributed by atoms with Crippen LogP contribution < -0.4 is 0 Å². The molecule has 1 aromatic carbocycles. The highest BCUT2D eigenvalue weighted by Crippen LogP contribution is 2.23. The van der Waals surface area contributed by atoms with E-state index in [1.54, 1.807) is 0 Å². The third-order valence-corrected chi connectivity index (χ3v) is 2.93. The third kappa shape index (κ3) is 1.89. The Morgan fingerprint density at radius 1 is 1.40 bits per heavy atom. The predicted octanol–water partition coefficient (Wildman–Crippen LogP) is 2.75. The average Bonchev–Trinajstić information content (AvgIpc) is 2.53. The summed E-state index contributed by atoms with van der Waals surface area (Å²) in [5, 5.41) is 0. The van der Waals surface area contributed by atoms with Gasteiger partial charge in [0.25, 0.3) is 5.91 Å². The van der Waals surface area contributed by atoms with Crippen molar-refractivity contribution in [1.29, 1.82) is 0 Å². The summed E-state index contributed by atoms with van der Waals surface area (Å²) in [6, 6.07) is 6.16. The minimum absolute atomic E-state index is 0.210. The summed E-state index contributed by atoms with van der Waals surface area (Å²) in [5.74, 6) is 0.210. The van der Waals surface area contributed by atoms with Crippen molar-refractivity contribution in [1.82, 2.24) is 4.90 Å². The van der Waals surface area contributed by atoms with Crippen molar-refractivity contribution in [3.63, 3.8) is 0 Å². The van der Waals surface area contributed by atoms with E-state index in [0.29, 0.717) is 0 Å². The van der Waals surface area contributed by atoms with Crippen LogP contribution in [0.4, 0.5) is 0 Å². The van der Waals surface area contributed by atoms with Crippen molar-refractivity contribution in [2.45, 2.75) is 33.2 Å². The highest BCUT2D eigenvalue weighted by Gasteiger charge is 2.26. The molecule has 0 bridgehead atoms. The number of amides is 1. The summed E-state index contributed by atoms with van der Waals surface area (Å²) in [4.78, 5) is 13.9. The SMILES string of the molecule is CCCCN1Cc2ccc(C)cc2C1=O. The van der Waals surface area contributed by atoms with E-state index in [9.17, 15) is 4.79 Å². The van der Waals surface area contributed by atoms with Gasteiger partial charge in [0.15, 0.2) is 0 Å². The number of unbranched alkanes of at least 4 members (excludes halogenated alkanes) is 1. The van der Waals surface area contributed by atoms with E-state index in [2.05, 4.69) is 19.1 Å². The summed E-state index contributed by atoms with van der Waals surface area (Å²) in [6.45, 7) is 5.87. The molecule has 1 aliphatic rings.